The lowest BCUT2D eigenvalue weighted by Crippen LogP contribution is -2.46. The van der Waals surface area contributed by atoms with Crippen LogP contribution >= 0.6 is 0 Å². The van der Waals surface area contributed by atoms with Crippen molar-refractivity contribution < 1.29 is 9.53 Å². The van der Waals surface area contributed by atoms with Crippen LogP contribution < -0.4 is 4.74 Å². The Morgan fingerprint density at radius 2 is 2.00 bits per heavy atom. The summed E-state index contributed by atoms with van der Waals surface area (Å²) in [5, 5.41) is 0. The first kappa shape index (κ1) is 21.1. The minimum absolute atomic E-state index is 0.122. The summed E-state index contributed by atoms with van der Waals surface area (Å²) >= 11 is 0. The van der Waals surface area contributed by atoms with Crippen molar-refractivity contribution in [2.45, 2.75) is 95.6 Å². The van der Waals surface area contributed by atoms with Gasteiger partial charge in [-0.2, -0.15) is 0 Å². The van der Waals surface area contributed by atoms with Crippen LogP contribution in [-0.2, 0) is 16.8 Å². The van der Waals surface area contributed by atoms with Crippen molar-refractivity contribution in [3.05, 3.63) is 42.0 Å². The van der Waals surface area contributed by atoms with Crippen LogP contribution in [0.25, 0.3) is 0 Å². The van der Waals surface area contributed by atoms with E-state index < -0.39 is 0 Å². The van der Waals surface area contributed by atoms with Gasteiger partial charge in [0.15, 0.2) is 0 Å². The molecule has 0 aromatic heterocycles. The Bertz CT molecular complexity index is 679. The average Bonchev–Trinajstić information content (AvgIpc) is 2.89. The number of nitrogens with zero attached hydrogens (tertiary/aromatic N) is 1. The zero-order valence-corrected chi connectivity index (χ0v) is 17.8. The lowest BCUT2D eigenvalue weighted by Gasteiger charge is -2.44. The largest absolute Gasteiger partial charge is 0.423 e. The molecule has 2 aliphatic heterocycles. The zero-order chi connectivity index (χ0) is 20.0. The highest BCUT2D eigenvalue weighted by Crippen LogP contribution is 2.51. The van der Waals surface area contributed by atoms with Crippen molar-refractivity contribution in [3.8, 4) is 5.75 Å². The Kier molecular flexibility index (Phi) is 7.34. The molecule has 1 aromatic rings. The average molecular weight is 384 g/mol. The first-order valence-corrected chi connectivity index (χ1v) is 11.3. The summed E-state index contributed by atoms with van der Waals surface area (Å²) in [6, 6.07) is 7.02. The number of hydrogen-bond donors (Lipinski definition) is 0. The van der Waals surface area contributed by atoms with Crippen molar-refractivity contribution in [2.75, 3.05) is 7.05 Å². The number of carbonyl (C=O) groups is 1. The maximum atomic E-state index is 11.9. The number of fused-ring (bicyclic) bond motifs is 2. The highest BCUT2D eigenvalue weighted by Gasteiger charge is 2.48. The van der Waals surface area contributed by atoms with Crippen LogP contribution in [0.1, 0.15) is 88.7 Å². The summed E-state index contributed by atoms with van der Waals surface area (Å²) in [5.41, 5.74) is 2.78. The molecule has 0 amide bonds. The molecule has 3 nitrogen and oxygen atoms in total. The van der Waals surface area contributed by atoms with E-state index in [1.807, 2.05) is 6.07 Å². The molecule has 2 saturated heterocycles. The maximum Gasteiger partial charge on any atom is 0.335 e. The molecule has 1 aromatic carbocycles. The number of piperidine rings is 1. The van der Waals surface area contributed by atoms with Crippen LogP contribution in [-0.4, -0.2) is 24.0 Å². The molecule has 3 heteroatoms. The summed E-state index contributed by atoms with van der Waals surface area (Å²) in [5.74, 6) is 0.382. The van der Waals surface area contributed by atoms with Gasteiger partial charge in [-0.15, -0.1) is 0 Å². The van der Waals surface area contributed by atoms with Gasteiger partial charge in [-0.05, 0) is 69.2 Å². The van der Waals surface area contributed by atoms with Gasteiger partial charge >= 0.3 is 5.97 Å². The topological polar surface area (TPSA) is 29.5 Å². The molecule has 28 heavy (non-hydrogen) atoms. The maximum absolute atomic E-state index is 11.9. The van der Waals surface area contributed by atoms with Gasteiger partial charge in [0.25, 0.3) is 0 Å². The van der Waals surface area contributed by atoms with Crippen LogP contribution in [0, 0.1) is 0 Å². The third-order valence-corrected chi connectivity index (χ3v) is 7.03. The quantitative estimate of drug-likeness (QED) is 0.210. The fourth-order valence-electron chi connectivity index (χ4n) is 5.44. The molecule has 2 atom stereocenters. The van der Waals surface area contributed by atoms with Crippen LogP contribution in [0.15, 0.2) is 30.9 Å². The van der Waals surface area contributed by atoms with Crippen molar-refractivity contribution >= 4 is 5.97 Å². The highest BCUT2D eigenvalue weighted by molar-refractivity contribution is 5.83. The predicted molar refractivity (Wildman–Crippen MR) is 116 cm³/mol. The molecule has 0 N–H and O–H groups in total. The number of benzene rings is 1. The first-order valence-electron chi connectivity index (χ1n) is 11.3. The van der Waals surface area contributed by atoms with E-state index in [0.29, 0.717) is 6.04 Å². The minimum Gasteiger partial charge on any atom is -0.423 e. The molecule has 0 spiro atoms. The van der Waals surface area contributed by atoms with Gasteiger partial charge in [-0.25, -0.2) is 4.79 Å². The lowest BCUT2D eigenvalue weighted by molar-refractivity contribution is -0.129. The smallest absolute Gasteiger partial charge is 0.335 e. The molecule has 2 heterocycles. The molecule has 2 bridgehead atoms. The van der Waals surface area contributed by atoms with Gasteiger partial charge in [-0.3, -0.25) is 4.90 Å². The number of esters is 1. The lowest BCUT2D eigenvalue weighted by atomic mass is 9.78. The Labute approximate surface area is 171 Å². The van der Waals surface area contributed by atoms with Crippen LogP contribution in [0.4, 0.5) is 0 Å². The zero-order valence-electron chi connectivity index (χ0n) is 17.8. The molecule has 0 aliphatic carbocycles. The fourth-order valence-corrected chi connectivity index (χ4v) is 5.44. The molecular formula is C25H37NO2. The third kappa shape index (κ3) is 4.35. The van der Waals surface area contributed by atoms with Crippen molar-refractivity contribution in [2.24, 2.45) is 0 Å². The van der Waals surface area contributed by atoms with Crippen molar-refractivity contribution in [1.82, 2.24) is 4.90 Å². The number of carbonyl (C=O) groups excluding carboxylic acids is 1. The summed E-state index contributed by atoms with van der Waals surface area (Å²) in [4.78, 5) is 14.6. The van der Waals surface area contributed by atoms with E-state index in [4.69, 9.17) is 4.74 Å². The van der Waals surface area contributed by atoms with Gasteiger partial charge < -0.3 is 4.74 Å². The SMILES string of the molecule is C=CC(=O)Oc1cccc([C@@]23CCC[C@@H](CC2)N3C)c1CCCCCCCC. The van der Waals surface area contributed by atoms with Gasteiger partial charge in [0.1, 0.15) is 5.75 Å². The summed E-state index contributed by atoms with van der Waals surface area (Å²) in [6.07, 6.45) is 16.2. The first-order chi connectivity index (χ1) is 13.6. The van der Waals surface area contributed by atoms with E-state index >= 15 is 0 Å². The second-order valence-corrected chi connectivity index (χ2v) is 8.65. The summed E-state index contributed by atoms with van der Waals surface area (Å²) < 4.78 is 5.68. The molecule has 0 radical (unpaired) electrons. The van der Waals surface area contributed by atoms with E-state index in [1.54, 1.807) is 0 Å². The summed E-state index contributed by atoms with van der Waals surface area (Å²) in [7, 11) is 2.30. The van der Waals surface area contributed by atoms with E-state index in [0.717, 1.165) is 18.6 Å². The Hall–Kier alpha value is -1.61. The van der Waals surface area contributed by atoms with E-state index in [-0.39, 0.29) is 11.5 Å². The molecular weight excluding hydrogens is 346 g/mol. The second kappa shape index (κ2) is 9.73. The second-order valence-electron chi connectivity index (χ2n) is 8.65. The molecule has 0 unspecified atom stereocenters. The van der Waals surface area contributed by atoms with Crippen molar-refractivity contribution in [3.63, 3.8) is 0 Å². The van der Waals surface area contributed by atoms with Gasteiger partial charge in [0, 0.05) is 17.7 Å². The van der Waals surface area contributed by atoms with Crippen LogP contribution in [0.5, 0.6) is 5.75 Å². The minimum atomic E-state index is -0.361. The molecule has 154 valence electrons. The standard InChI is InChI=1S/C25H37NO2/c1-4-6-7-8-9-10-14-21-22(15-11-16-23(21)28-24(27)5-2)25-18-12-13-20(17-19-25)26(25)3/h5,11,15-16,20H,2,4,6-10,12-14,17-19H2,1,3H3/t20-,25+/m0/s1. The van der Waals surface area contributed by atoms with Crippen molar-refractivity contribution in [1.29, 1.82) is 0 Å². The van der Waals surface area contributed by atoms with Gasteiger partial charge in [0.2, 0.25) is 0 Å². The van der Waals surface area contributed by atoms with E-state index in [1.165, 1.54) is 81.4 Å². The van der Waals surface area contributed by atoms with Crippen LogP contribution in [0.2, 0.25) is 0 Å². The number of unbranched alkanes of at least 4 members (excludes halogenated alkanes) is 5. The molecule has 2 fully saturated rings. The Morgan fingerprint density at radius 1 is 1.21 bits per heavy atom. The number of ether oxygens (including phenoxy) is 1. The monoisotopic (exact) mass is 383 g/mol. The molecule has 0 saturated carbocycles. The summed E-state index contributed by atoms with van der Waals surface area (Å²) in [6.45, 7) is 5.82. The highest BCUT2D eigenvalue weighted by atomic mass is 16.5. The third-order valence-electron chi connectivity index (χ3n) is 7.03. The van der Waals surface area contributed by atoms with E-state index in [9.17, 15) is 4.79 Å². The van der Waals surface area contributed by atoms with Gasteiger partial charge in [-0.1, -0.05) is 57.7 Å². The molecule has 2 aliphatic rings. The van der Waals surface area contributed by atoms with E-state index in [2.05, 4.69) is 37.6 Å². The Balaban J connectivity index is 1.85. The number of hydrogen-bond acceptors (Lipinski definition) is 3. The van der Waals surface area contributed by atoms with Gasteiger partial charge in [0.05, 0.1) is 0 Å². The van der Waals surface area contributed by atoms with Crippen LogP contribution in [0.3, 0.4) is 0 Å². The Morgan fingerprint density at radius 3 is 2.79 bits per heavy atom. The fraction of sp³-hybridized carbons (Fsp3) is 0.640. The number of rotatable bonds is 10. The predicted octanol–water partition coefficient (Wildman–Crippen LogP) is 6.15. The normalized spacial score (nSPS) is 24.3. The molecule has 3 rings (SSSR count).